The Morgan fingerprint density at radius 2 is 1.57 bits per heavy atom. The Kier molecular flexibility index (Phi) is 4.24. The molecule has 0 aromatic carbocycles. The number of allylic oxidation sites excluding steroid dienone is 4. The van der Waals surface area contributed by atoms with E-state index in [1.54, 1.807) is 12.2 Å². The van der Waals surface area contributed by atoms with Crippen molar-refractivity contribution in [2.45, 2.75) is 41.5 Å². The third-order valence-electron chi connectivity index (χ3n) is 3.64. The molecule has 0 unspecified atom stereocenters. The van der Waals surface area contributed by atoms with Crippen molar-refractivity contribution in [1.82, 2.24) is 4.98 Å². The van der Waals surface area contributed by atoms with E-state index in [1.807, 2.05) is 41.5 Å². The van der Waals surface area contributed by atoms with Gasteiger partial charge in [-0.15, -0.1) is 0 Å². The number of carbonyl (C=O) groups excluding carboxylic acids is 1. The lowest BCUT2D eigenvalue weighted by Gasteiger charge is -2.30. The Morgan fingerprint density at radius 1 is 1.04 bits per heavy atom. The van der Waals surface area contributed by atoms with Gasteiger partial charge in [-0.1, -0.05) is 41.5 Å². The van der Waals surface area contributed by atoms with Gasteiger partial charge in [0.15, 0.2) is 11.5 Å². The first-order chi connectivity index (χ1) is 10.5. The predicted molar refractivity (Wildman–Crippen MR) is 90.4 cm³/mol. The molecule has 1 aliphatic carbocycles. The van der Waals surface area contributed by atoms with Gasteiger partial charge in [0.05, 0.1) is 6.20 Å². The first kappa shape index (κ1) is 17.1. The maximum Gasteiger partial charge on any atom is 0.345 e. The second kappa shape index (κ2) is 5.72. The van der Waals surface area contributed by atoms with Crippen LogP contribution >= 0.6 is 0 Å². The van der Waals surface area contributed by atoms with Gasteiger partial charge >= 0.3 is 5.82 Å². The van der Waals surface area contributed by atoms with Crippen LogP contribution in [-0.2, 0) is 4.79 Å². The monoisotopic (exact) mass is 313 g/mol. The molecule has 0 atom stereocenters. The van der Waals surface area contributed by atoms with E-state index in [9.17, 15) is 10.0 Å². The topological polar surface area (TPSA) is 69.3 Å². The maximum absolute atomic E-state index is 12.8. The van der Waals surface area contributed by atoms with E-state index < -0.39 is 0 Å². The number of rotatable bonds is 1. The zero-order chi connectivity index (χ0) is 17.4. The van der Waals surface area contributed by atoms with Crippen molar-refractivity contribution in [3.8, 4) is 0 Å². The Hall–Kier alpha value is -2.30. The predicted octanol–water partition coefficient (Wildman–Crippen LogP) is 3.32. The summed E-state index contributed by atoms with van der Waals surface area (Å²) >= 11 is 0. The number of hydrogen-bond donors (Lipinski definition) is 0. The van der Waals surface area contributed by atoms with Crippen molar-refractivity contribution in [2.75, 3.05) is 0 Å². The highest BCUT2D eigenvalue weighted by atomic mass is 16.5. The van der Waals surface area contributed by atoms with Gasteiger partial charge in [-0.25, -0.2) is 4.73 Å². The van der Waals surface area contributed by atoms with Gasteiger partial charge in [0, 0.05) is 11.1 Å². The Balaban J connectivity index is 2.61. The van der Waals surface area contributed by atoms with Gasteiger partial charge in [0.1, 0.15) is 12.4 Å². The molecule has 0 saturated heterocycles. The molecule has 1 aromatic rings. The standard InChI is InChI=1S/C18H23N3O2/c1-17(2,3)13-9-12(10-14(16(13)22)18(4,5)6)20-15-11-19-7-8-21(15)23/h7-11H,1-6H3. The molecule has 0 N–H and O–H groups in total. The van der Waals surface area contributed by atoms with E-state index >= 15 is 0 Å². The first-order valence-electron chi connectivity index (χ1n) is 7.61. The highest BCUT2D eigenvalue weighted by Gasteiger charge is 2.35. The summed E-state index contributed by atoms with van der Waals surface area (Å²) in [5.41, 5.74) is 1.39. The molecule has 5 nitrogen and oxygen atoms in total. The zero-order valence-corrected chi connectivity index (χ0v) is 14.5. The average molecular weight is 313 g/mol. The number of Topliss-reactive ketones (excluding diaryl/α,β-unsaturated/α-hetero) is 1. The maximum atomic E-state index is 12.8. The van der Waals surface area contributed by atoms with E-state index in [1.165, 1.54) is 18.6 Å². The fraction of sp³-hybridized carbons (Fsp3) is 0.444. The number of nitrogens with zero attached hydrogens (tertiary/aromatic N) is 3. The molecule has 1 heterocycles. The highest BCUT2D eigenvalue weighted by Crippen LogP contribution is 2.37. The van der Waals surface area contributed by atoms with Crippen molar-refractivity contribution in [1.29, 1.82) is 0 Å². The normalized spacial score (nSPS) is 16.1. The number of hydrogen-bond acceptors (Lipinski definition) is 4. The minimum Gasteiger partial charge on any atom is -0.710 e. The summed E-state index contributed by atoms with van der Waals surface area (Å²) in [6.45, 7) is 12.0. The number of aromatic nitrogens is 2. The number of ketones is 1. The summed E-state index contributed by atoms with van der Waals surface area (Å²) < 4.78 is 0.658. The van der Waals surface area contributed by atoms with Gasteiger partial charge in [0.2, 0.25) is 0 Å². The molecule has 122 valence electrons. The van der Waals surface area contributed by atoms with Crippen LogP contribution in [0.2, 0.25) is 0 Å². The van der Waals surface area contributed by atoms with E-state index in [0.717, 1.165) is 0 Å². The van der Waals surface area contributed by atoms with E-state index in [4.69, 9.17) is 0 Å². The summed E-state index contributed by atoms with van der Waals surface area (Å²) in [4.78, 5) is 21.1. The molecule has 2 rings (SSSR count). The summed E-state index contributed by atoms with van der Waals surface area (Å²) in [6, 6.07) is 0. The van der Waals surface area contributed by atoms with Crippen molar-refractivity contribution < 1.29 is 9.52 Å². The number of aliphatic imine (C=N–C) groups is 1. The summed E-state index contributed by atoms with van der Waals surface area (Å²) in [7, 11) is 0. The fourth-order valence-electron chi connectivity index (χ4n) is 2.34. The Morgan fingerprint density at radius 3 is 2.00 bits per heavy atom. The molecule has 0 spiro atoms. The largest absolute Gasteiger partial charge is 0.710 e. The Bertz CT molecular complexity index is 693. The molecule has 1 aliphatic rings. The van der Waals surface area contributed by atoms with Gasteiger partial charge in [-0.2, -0.15) is 0 Å². The molecular formula is C18H23N3O2. The summed E-state index contributed by atoms with van der Waals surface area (Å²) in [6.07, 6.45) is 7.66. The van der Waals surface area contributed by atoms with Crippen LogP contribution in [0, 0.1) is 16.0 Å². The molecule has 0 radical (unpaired) electrons. The third-order valence-corrected chi connectivity index (χ3v) is 3.64. The minimum atomic E-state index is -0.301. The van der Waals surface area contributed by atoms with Crippen molar-refractivity contribution in [3.05, 3.63) is 47.1 Å². The van der Waals surface area contributed by atoms with Gasteiger partial charge in [0.25, 0.3) is 0 Å². The minimum absolute atomic E-state index is 0.0464. The van der Waals surface area contributed by atoms with Crippen LogP contribution in [0.15, 0.2) is 46.9 Å². The smallest absolute Gasteiger partial charge is 0.345 e. The molecule has 0 aliphatic heterocycles. The van der Waals surface area contributed by atoms with Gasteiger partial charge in [-0.05, 0) is 28.0 Å². The van der Waals surface area contributed by atoms with Crippen LogP contribution in [0.25, 0.3) is 0 Å². The molecule has 0 bridgehead atoms. The van der Waals surface area contributed by atoms with E-state index in [-0.39, 0.29) is 22.4 Å². The lowest BCUT2D eigenvalue weighted by molar-refractivity contribution is -0.592. The van der Waals surface area contributed by atoms with Crippen molar-refractivity contribution in [3.63, 3.8) is 0 Å². The van der Waals surface area contributed by atoms with Crippen LogP contribution in [0.5, 0.6) is 0 Å². The lowest BCUT2D eigenvalue weighted by Crippen LogP contribution is -2.30. The molecule has 23 heavy (non-hydrogen) atoms. The molecule has 0 amide bonds. The van der Waals surface area contributed by atoms with E-state index in [0.29, 0.717) is 21.6 Å². The van der Waals surface area contributed by atoms with Crippen molar-refractivity contribution in [2.24, 2.45) is 15.8 Å². The quantitative estimate of drug-likeness (QED) is 0.454. The first-order valence-corrected chi connectivity index (χ1v) is 7.61. The van der Waals surface area contributed by atoms with Crippen LogP contribution < -0.4 is 4.73 Å². The molecule has 1 aromatic heterocycles. The third kappa shape index (κ3) is 3.73. The molecular weight excluding hydrogens is 290 g/mol. The van der Waals surface area contributed by atoms with Gasteiger partial charge < -0.3 is 5.21 Å². The van der Waals surface area contributed by atoms with Gasteiger partial charge in [-0.3, -0.25) is 9.78 Å². The Labute approximate surface area is 137 Å². The lowest BCUT2D eigenvalue weighted by atomic mass is 9.72. The van der Waals surface area contributed by atoms with Crippen LogP contribution in [0.1, 0.15) is 41.5 Å². The molecule has 0 fully saturated rings. The fourth-order valence-corrected chi connectivity index (χ4v) is 2.34. The average Bonchev–Trinajstić information content (AvgIpc) is 2.40. The van der Waals surface area contributed by atoms with Crippen LogP contribution in [0.4, 0.5) is 5.82 Å². The molecule has 0 saturated carbocycles. The zero-order valence-electron chi connectivity index (χ0n) is 14.5. The summed E-state index contributed by atoms with van der Waals surface area (Å²) in [5.74, 6) is 0.246. The number of carbonyl (C=O) groups is 1. The second-order valence-electron chi connectivity index (χ2n) is 7.74. The van der Waals surface area contributed by atoms with Crippen molar-refractivity contribution >= 4 is 17.3 Å². The summed E-state index contributed by atoms with van der Waals surface area (Å²) in [5, 5.41) is 11.8. The SMILES string of the molecule is CC(C)(C)C1=CC(=Nc2cncc[n+]2[O-])C=C(C(C)(C)C)C1=O. The van der Waals surface area contributed by atoms with E-state index in [2.05, 4.69) is 9.98 Å². The molecule has 5 heteroatoms. The van der Waals surface area contributed by atoms with Crippen LogP contribution in [0.3, 0.4) is 0 Å². The highest BCUT2D eigenvalue weighted by molar-refractivity contribution is 6.23. The second-order valence-corrected chi connectivity index (χ2v) is 7.74. The van der Waals surface area contributed by atoms with Crippen LogP contribution in [-0.4, -0.2) is 16.5 Å².